The van der Waals surface area contributed by atoms with Crippen LogP contribution in [0.5, 0.6) is 0 Å². The van der Waals surface area contributed by atoms with Gasteiger partial charge in [-0.25, -0.2) is 0 Å². The van der Waals surface area contributed by atoms with E-state index in [1.54, 1.807) is 6.92 Å². The third-order valence-corrected chi connectivity index (χ3v) is 3.90. The summed E-state index contributed by atoms with van der Waals surface area (Å²) in [6, 6.07) is 3.18. The van der Waals surface area contributed by atoms with Crippen LogP contribution >= 0.6 is 0 Å². The first kappa shape index (κ1) is 14.4. The van der Waals surface area contributed by atoms with Crippen LogP contribution in [0.25, 0.3) is 0 Å². The van der Waals surface area contributed by atoms with Crippen molar-refractivity contribution in [2.24, 2.45) is 5.73 Å². The number of hydrogen-bond acceptors (Lipinski definition) is 4. The van der Waals surface area contributed by atoms with Crippen LogP contribution in [-0.2, 0) is 0 Å². The zero-order valence-corrected chi connectivity index (χ0v) is 11.6. The number of nitriles is 1. The summed E-state index contributed by atoms with van der Waals surface area (Å²) < 4.78 is 0. The maximum Gasteiger partial charge on any atom is 0.102 e. The first-order valence-electron chi connectivity index (χ1n) is 6.46. The third kappa shape index (κ3) is 4.27. The summed E-state index contributed by atoms with van der Waals surface area (Å²) in [5.41, 5.74) is 5.18. The van der Waals surface area contributed by atoms with Gasteiger partial charge in [0.2, 0.25) is 0 Å². The van der Waals surface area contributed by atoms with Crippen LogP contribution in [0, 0.1) is 11.3 Å². The molecule has 1 rings (SSSR count). The van der Waals surface area contributed by atoms with Crippen LogP contribution in [0.4, 0.5) is 0 Å². The summed E-state index contributed by atoms with van der Waals surface area (Å²) in [7, 11) is 4.32. The minimum atomic E-state index is -0.713. The van der Waals surface area contributed by atoms with Crippen LogP contribution in [0.1, 0.15) is 33.1 Å². The van der Waals surface area contributed by atoms with Gasteiger partial charge in [-0.15, -0.1) is 0 Å². The van der Waals surface area contributed by atoms with E-state index < -0.39 is 5.54 Å². The van der Waals surface area contributed by atoms with Crippen molar-refractivity contribution in [1.29, 1.82) is 5.26 Å². The van der Waals surface area contributed by atoms with Gasteiger partial charge in [-0.3, -0.25) is 0 Å². The van der Waals surface area contributed by atoms with Gasteiger partial charge in [0.25, 0.3) is 0 Å². The lowest BCUT2D eigenvalue weighted by molar-refractivity contribution is 0.169. The summed E-state index contributed by atoms with van der Waals surface area (Å²) in [6.45, 7) is 6.23. The van der Waals surface area contributed by atoms with E-state index in [-0.39, 0.29) is 0 Å². The highest BCUT2D eigenvalue weighted by atomic mass is 15.2. The number of rotatable bonds is 5. The second kappa shape index (κ2) is 5.81. The highest BCUT2D eigenvalue weighted by molar-refractivity contribution is 5.02. The van der Waals surface area contributed by atoms with Gasteiger partial charge in [-0.05, 0) is 53.8 Å². The molecule has 1 aliphatic rings. The Morgan fingerprint density at radius 1 is 1.65 bits per heavy atom. The molecule has 0 aromatic carbocycles. The number of likely N-dealkylation sites (N-methyl/N-ethyl adjacent to an activating group) is 2. The molecule has 0 aromatic rings. The molecule has 4 nitrogen and oxygen atoms in total. The summed E-state index contributed by atoms with van der Waals surface area (Å²) in [6.07, 6.45) is 3.30. The van der Waals surface area contributed by atoms with Gasteiger partial charge in [0, 0.05) is 18.6 Å². The molecule has 3 unspecified atom stereocenters. The molecule has 0 bridgehead atoms. The van der Waals surface area contributed by atoms with E-state index in [0.717, 1.165) is 13.0 Å². The summed E-state index contributed by atoms with van der Waals surface area (Å²) in [5.74, 6) is 0. The first-order valence-corrected chi connectivity index (χ1v) is 6.46. The maximum absolute atomic E-state index is 8.95. The van der Waals surface area contributed by atoms with E-state index in [2.05, 4.69) is 36.9 Å². The monoisotopic (exact) mass is 238 g/mol. The Kier molecular flexibility index (Phi) is 4.93. The van der Waals surface area contributed by atoms with Crippen molar-refractivity contribution in [1.82, 2.24) is 9.80 Å². The quantitative estimate of drug-likeness (QED) is 0.777. The number of likely N-dealkylation sites (tertiary alicyclic amines) is 1. The molecule has 0 spiro atoms. The zero-order valence-electron chi connectivity index (χ0n) is 11.6. The molecule has 98 valence electrons. The lowest BCUT2D eigenvalue weighted by Crippen LogP contribution is -2.46. The molecule has 2 N–H and O–H groups in total. The van der Waals surface area contributed by atoms with Crippen molar-refractivity contribution < 1.29 is 0 Å². The van der Waals surface area contributed by atoms with E-state index in [4.69, 9.17) is 11.0 Å². The van der Waals surface area contributed by atoms with Crippen molar-refractivity contribution in [3.8, 4) is 6.07 Å². The molecule has 3 atom stereocenters. The van der Waals surface area contributed by atoms with Gasteiger partial charge < -0.3 is 15.5 Å². The summed E-state index contributed by atoms with van der Waals surface area (Å²) in [5, 5.41) is 8.95. The normalized spacial score (nSPS) is 26.8. The van der Waals surface area contributed by atoms with Crippen LogP contribution < -0.4 is 5.73 Å². The average molecular weight is 238 g/mol. The molecule has 1 heterocycles. The fourth-order valence-corrected chi connectivity index (χ4v) is 2.54. The van der Waals surface area contributed by atoms with Gasteiger partial charge >= 0.3 is 0 Å². The molecule has 17 heavy (non-hydrogen) atoms. The lowest BCUT2D eigenvalue weighted by Gasteiger charge is -2.32. The fraction of sp³-hybridized carbons (Fsp3) is 0.923. The maximum atomic E-state index is 8.95. The molecule has 1 aliphatic heterocycles. The Morgan fingerprint density at radius 3 is 2.76 bits per heavy atom. The van der Waals surface area contributed by atoms with Crippen molar-refractivity contribution in [2.75, 3.05) is 27.2 Å². The standard InChI is InChI=1S/C13H26N4/c1-11(8-13(2,15)10-14)17(4)9-12-6-5-7-16(12)3/h11-12H,5-9,15H2,1-4H3. The average Bonchev–Trinajstić information content (AvgIpc) is 2.64. The molecule has 1 fully saturated rings. The minimum Gasteiger partial charge on any atom is -0.314 e. The number of nitrogens with zero attached hydrogens (tertiary/aromatic N) is 3. The Bertz CT molecular complexity index is 282. The number of nitrogens with two attached hydrogens (primary N) is 1. The van der Waals surface area contributed by atoms with E-state index in [1.807, 2.05) is 0 Å². The second-order valence-electron chi connectivity index (χ2n) is 5.80. The predicted molar refractivity (Wildman–Crippen MR) is 70.6 cm³/mol. The van der Waals surface area contributed by atoms with Gasteiger partial charge in [-0.1, -0.05) is 0 Å². The topological polar surface area (TPSA) is 56.3 Å². The van der Waals surface area contributed by atoms with Gasteiger partial charge in [-0.2, -0.15) is 5.26 Å². The van der Waals surface area contributed by atoms with Crippen LogP contribution in [0.2, 0.25) is 0 Å². The molecule has 0 amide bonds. The Labute approximate surface area is 105 Å². The highest BCUT2D eigenvalue weighted by Gasteiger charge is 2.27. The SMILES string of the molecule is CC(CC(C)(N)C#N)N(C)CC1CCCN1C. The number of hydrogen-bond donors (Lipinski definition) is 1. The Hall–Kier alpha value is -0.630. The lowest BCUT2D eigenvalue weighted by atomic mass is 9.96. The second-order valence-corrected chi connectivity index (χ2v) is 5.80. The molecular weight excluding hydrogens is 212 g/mol. The van der Waals surface area contributed by atoms with Crippen molar-refractivity contribution in [3.05, 3.63) is 0 Å². The van der Waals surface area contributed by atoms with Gasteiger partial charge in [0.05, 0.1) is 6.07 Å². The third-order valence-electron chi connectivity index (χ3n) is 3.90. The molecule has 0 aliphatic carbocycles. The van der Waals surface area contributed by atoms with Crippen molar-refractivity contribution >= 4 is 0 Å². The molecule has 0 saturated carbocycles. The predicted octanol–water partition coefficient (Wildman–Crippen LogP) is 1.03. The zero-order chi connectivity index (χ0) is 13.1. The van der Waals surface area contributed by atoms with E-state index in [9.17, 15) is 0 Å². The minimum absolute atomic E-state index is 0.346. The van der Waals surface area contributed by atoms with Crippen LogP contribution in [0.3, 0.4) is 0 Å². The molecular formula is C13H26N4. The smallest absolute Gasteiger partial charge is 0.102 e. The molecule has 1 saturated heterocycles. The van der Waals surface area contributed by atoms with Crippen LogP contribution in [-0.4, -0.2) is 54.6 Å². The van der Waals surface area contributed by atoms with Crippen LogP contribution in [0.15, 0.2) is 0 Å². The van der Waals surface area contributed by atoms with Gasteiger partial charge in [0.15, 0.2) is 0 Å². The Morgan fingerprint density at radius 2 is 2.29 bits per heavy atom. The van der Waals surface area contributed by atoms with E-state index in [1.165, 1.54) is 19.4 Å². The van der Waals surface area contributed by atoms with Gasteiger partial charge in [0.1, 0.15) is 5.54 Å². The summed E-state index contributed by atoms with van der Waals surface area (Å²) >= 11 is 0. The van der Waals surface area contributed by atoms with Crippen molar-refractivity contribution in [2.45, 2.75) is 50.7 Å². The Balaban J connectivity index is 2.42. The van der Waals surface area contributed by atoms with E-state index >= 15 is 0 Å². The van der Waals surface area contributed by atoms with E-state index in [0.29, 0.717) is 12.1 Å². The highest BCUT2D eigenvalue weighted by Crippen LogP contribution is 2.18. The molecule has 0 aromatic heterocycles. The first-order chi connectivity index (χ1) is 7.85. The fourth-order valence-electron chi connectivity index (χ4n) is 2.54. The largest absolute Gasteiger partial charge is 0.314 e. The summed E-state index contributed by atoms with van der Waals surface area (Å²) in [4.78, 5) is 4.75. The van der Waals surface area contributed by atoms with Crippen molar-refractivity contribution in [3.63, 3.8) is 0 Å². The molecule has 0 radical (unpaired) electrons. The molecule has 4 heteroatoms.